The lowest BCUT2D eigenvalue weighted by Gasteiger charge is -2.39. The van der Waals surface area contributed by atoms with Crippen molar-refractivity contribution in [1.29, 1.82) is 0 Å². The van der Waals surface area contributed by atoms with Crippen LogP contribution in [0.2, 0.25) is 0 Å². The first-order chi connectivity index (χ1) is 9.08. The predicted octanol–water partition coefficient (Wildman–Crippen LogP) is 3.51. The molecule has 1 N–H and O–H groups in total. The van der Waals surface area contributed by atoms with Crippen LogP contribution in [0.25, 0.3) is 0 Å². The van der Waals surface area contributed by atoms with Crippen molar-refractivity contribution in [3.8, 4) is 0 Å². The molecule has 1 aromatic carbocycles. The third kappa shape index (κ3) is 3.90. The second-order valence-electron chi connectivity index (χ2n) is 5.71. The van der Waals surface area contributed by atoms with Crippen LogP contribution in [0.4, 0.5) is 5.69 Å². The Morgan fingerprint density at radius 2 is 1.95 bits per heavy atom. The van der Waals surface area contributed by atoms with E-state index in [1.165, 1.54) is 23.5 Å². The fourth-order valence-corrected chi connectivity index (χ4v) is 3.52. The van der Waals surface area contributed by atoms with E-state index in [4.69, 9.17) is 0 Å². The molecule has 2 unspecified atom stereocenters. The molecule has 106 valence electrons. The lowest BCUT2D eigenvalue weighted by atomic mass is 10.1. The first-order valence-electron chi connectivity index (χ1n) is 7.28. The van der Waals surface area contributed by atoms with Crippen LogP contribution in [0.3, 0.4) is 0 Å². The Hall–Kier alpha value is -0.670. The van der Waals surface area contributed by atoms with E-state index in [-0.39, 0.29) is 0 Å². The summed E-state index contributed by atoms with van der Waals surface area (Å²) in [6, 6.07) is 10.2. The molecule has 2 rings (SSSR count). The topological polar surface area (TPSA) is 15.3 Å². The van der Waals surface area contributed by atoms with Crippen molar-refractivity contribution in [2.24, 2.45) is 0 Å². The van der Waals surface area contributed by atoms with Gasteiger partial charge in [-0.3, -0.25) is 0 Å². The van der Waals surface area contributed by atoms with Crippen LogP contribution in [-0.4, -0.2) is 29.6 Å². The van der Waals surface area contributed by atoms with Crippen LogP contribution in [0.5, 0.6) is 0 Å². The van der Waals surface area contributed by atoms with Gasteiger partial charge in [-0.15, -0.1) is 0 Å². The van der Waals surface area contributed by atoms with Gasteiger partial charge in [0.2, 0.25) is 0 Å². The summed E-state index contributed by atoms with van der Waals surface area (Å²) in [5.74, 6) is 1.24. The van der Waals surface area contributed by atoms with Gasteiger partial charge in [0.1, 0.15) is 0 Å². The van der Waals surface area contributed by atoms with Crippen molar-refractivity contribution in [2.75, 3.05) is 17.2 Å². The molecule has 1 aliphatic heterocycles. The summed E-state index contributed by atoms with van der Waals surface area (Å²) in [5, 5.41) is 4.18. The summed E-state index contributed by atoms with van der Waals surface area (Å²) < 4.78 is 0. The number of nitrogens with zero attached hydrogens (tertiary/aromatic N) is 1. The zero-order chi connectivity index (χ0) is 13.8. The van der Waals surface area contributed by atoms with E-state index in [2.05, 4.69) is 73.9 Å². The van der Waals surface area contributed by atoms with Crippen LogP contribution in [0, 0.1) is 0 Å². The molecule has 0 radical (unpaired) electrons. The van der Waals surface area contributed by atoms with Crippen LogP contribution >= 0.6 is 11.8 Å². The quantitative estimate of drug-likeness (QED) is 0.907. The second-order valence-corrected chi connectivity index (χ2v) is 7.20. The first-order valence-corrected chi connectivity index (χ1v) is 8.33. The third-order valence-electron chi connectivity index (χ3n) is 3.87. The Labute approximate surface area is 122 Å². The average molecular weight is 278 g/mol. The van der Waals surface area contributed by atoms with Crippen LogP contribution in [0.15, 0.2) is 24.3 Å². The normalized spacial score (nSPS) is 23.9. The summed E-state index contributed by atoms with van der Waals surface area (Å²) in [7, 11) is 0. The van der Waals surface area contributed by atoms with E-state index >= 15 is 0 Å². The van der Waals surface area contributed by atoms with Gasteiger partial charge in [0.25, 0.3) is 0 Å². The molecule has 0 amide bonds. The number of hydrogen-bond donors (Lipinski definition) is 1. The van der Waals surface area contributed by atoms with E-state index in [9.17, 15) is 0 Å². The maximum absolute atomic E-state index is 3.46. The van der Waals surface area contributed by atoms with Gasteiger partial charge < -0.3 is 10.2 Å². The Balaban J connectivity index is 2.01. The first kappa shape index (κ1) is 14.7. The minimum Gasteiger partial charge on any atom is -0.367 e. The smallest absolute Gasteiger partial charge is 0.0378 e. The van der Waals surface area contributed by atoms with Crippen molar-refractivity contribution in [3.63, 3.8) is 0 Å². The molecular formula is C16H26N2S. The lowest BCUT2D eigenvalue weighted by Crippen LogP contribution is -2.44. The van der Waals surface area contributed by atoms with Gasteiger partial charge in [0.05, 0.1) is 0 Å². The fraction of sp³-hybridized carbons (Fsp3) is 0.625. The molecule has 1 aliphatic rings. The largest absolute Gasteiger partial charge is 0.367 e. The number of nitrogens with one attached hydrogen (secondary N) is 1. The number of rotatable bonds is 4. The standard InChI is InChI=1S/C16H26N2S/c1-12(2)17-11-15-5-7-16(8-6-15)18-9-10-19-14(4)13(18)3/h5-8,12-14,17H,9-11H2,1-4H3. The molecule has 0 aliphatic carbocycles. The maximum Gasteiger partial charge on any atom is 0.0378 e. The van der Waals surface area contributed by atoms with Gasteiger partial charge in [-0.1, -0.05) is 32.9 Å². The van der Waals surface area contributed by atoms with Crippen molar-refractivity contribution in [1.82, 2.24) is 5.32 Å². The molecule has 19 heavy (non-hydrogen) atoms. The second kappa shape index (κ2) is 6.67. The predicted molar refractivity (Wildman–Crippen MR) is 87.1 cm³/mol. The van der Waals surface area contributed by atoms with Gasteiger partial charge in [0, 0.05) is 41.9 Å². The van der Waals surface area contributed by atoms with Crippen LogP contribution in [-0.2, 0) is 6.54 Å². The summed E-state index contributed by atoms with van der Waals surface area (Å²) in [6.07, 6.45) is 0. The molecule has 1 saturated heterocycles. The number of hydrogen-bond acceptors (Lipinski definition) is 3. The maximum atomic E-state index is 3.46. The number of thioether (sulfide) groups is 1. The van der Waals surface area contributed by atoms with Crippen molar-refractivity contribution in [3.05, 3.63) is 29.8 Å². The zero-order valence-electron chi connectivity index (χ0n) is 12.5. The molecule has 1 heterocycles. The van der Waals surface area contributed by atoms with Crippen molar-refractivity contribution < 1.29 is 0 Å². The Morgan fingerprint density at radius 3 is 2.58 bits per heavy atom. The third-order valence-corrected chi connectivity index (χ3v) is 5.20. The van der Waals surface area contributed by atoms with Crippen LogP contribution in [0.1, 0.15) is 33.3 Å². The van der Waals surface area contributed by atoms with Gasteiger partial charge in [-0.25, -0.2) is 0 Å². The highest BCUT2D eigenvalue weighted by molar-refractivity contribution is 8.00. The highest BCUT2D eigenvalue weighted by atomic mass is 32.2. The highest BCUT2D eigenvalue weighted by Gasteiger charge is 2.25. The summed E-state index contributed by atoms with van der Waals surface area (Å²) in [4.78, 5) is 2.54. The molecule has 1 aromatic rings. The van der Waals surface area contributed by atoms with Gasteiger partial charge in [-0.05, 0) is 24.6 Å². The molecule has 2 nitrogen and oxygen atoms in total. The zero-order valence-corrected chi connectivity index (χ0v) is 13.3. The summed E-state index contributed by atoms with van der Waals surface area (Å²) >= 11 is 2.09. The lowest BCUT2D eigenvalue weighted by molar-refractivity contribution is 0.588. The molecule has 0 bridgehead atoms. The van der Waals surface area contributed by atoms with Crippen molar-refractivity contribution >= 4 is 17.4 Å². The van der Waals surface area contributed by atoms with E-state index in [1.807, 2.05) is 0 Å². The van der Waals surface area contributed by atoms with Crippen molar-refractivity contribution in [2.45, 2.75) is 51.6 Å². The van der Waals surface area contributed by atoms with E-state index in [1.54, 1.807) is 0 Å². The van der Waals surface area contributed by atoms with Crippen LogP contribution < -0.4 is 10.2 Å². The molecule has 2 atom stereocenters. The number of benzene rings is 1. The van der Waals surface area contributed by atoms with Gasteiger partial charge in [-0.2, -0.15) is 11.8 Å². The molecule has 1 fully saturated rings. The SMILES string of the molecule is CC(C)NCc1ccc(N2CCSC(C)C2C)cc1. The minimum absolute atomic E-state index is 0.541. The molecule has 3 heteroatoms. The molecule has 0 spiro atoms. The van der Waals surface area contributed by atoms with Gasteiger partial charge >= 0.3 is 0 Å². The fourth-order valence-electron chi connectivity index (χ4n) is 2.42. The molecule has 0 saturated carbocycles. The Morgan fingerprint density at radius 1 is 1.26 bits per heavy atom. The van der Waals surface area contributed by atoms with E-state index in [0.717, 1.165) is 11.8 Å². The monoisotopic (exact) mass is 278 g/mol. The minimum atomic E-state index is 0.541. The van der Waals surface area contributed by atoms with Gasteiger partial charge in [0.15, 0.2) is 0 Å². The molecular weight excluding hydrogens is 252 g/mol. The van der Waals surface area contributed by atoms with E-state index < -0.39 is 0 Å². The summed E-state index contributed by atoms with van der Waals surface area (Å²) in [6.45, 7) is 11.2. The Kier molecular flexibility index (Phi) is 5.17. The number of anilines is 1. The average Bonchev–Trinajstić information content (AvgIpc) is 2.40. The highest BCUT2D eigenvalue weighted by Crippen LogP contribution is 2.29. The summed E-state index contributed by atoms with van der Waals surface area (Å²) in [5.41, 5.74) is 2.73. The van der Waals surface area contributed by atoms with E-state index in [0.29, 0.717) is 12.1 Å². The Bertz CT molecular complexity index is 388. The molecule has 0 aromatic heterocycles.